The number of carbonyl (C=O) groups excluding carboxylic acids is 2. The molecule has 2 fully saturated rings. The number of nitriles is 1. The molecule has 2 aliphatic rings. The first-order valence-electron chi connectivity index (χ1n) is 7.89. The van der Waals surface area contributed by atoms with E-state index in [4.69, 9.17) is 15.7 Å². The van der Waals surface area contributed by atoms with E-state index in [1.54, 1.807) is 18.3 Å². The summed E-state index contributed by atoms with van der Waals surface area (Å²) in [6.45, 7) is 0.385. The lowest BCUT2D eigenvalue weighted by Gasteiger charge is -2.12. The predicted molar refractivity (Wildman–Crippen MR) is 89.2 cm³/mol. The van der Waals surface area contributed by atoms with Gasteiger partial charge < -0.3 is 21.1 Å². The molecule has 25 heavy (non-hydrogen) atoms. The number of anilines is 2. The van der Waals surface area contributed by atoms with Crippen LogP contribution < -0.4 is 16.4 Å². The average molecular weight is 337 g/mol. The minimum Gasteiger partial charge on any atom is -0.439 e. The largest absolute Gasteiger partial charge is 0.439 e. The van der Waals surface area contributed by atoms with Gasteiger partial charge in [-0.1, -0.05) is 0 Å². The van der Waals surface area contributed by atoms with Gasteiger partial charge in [0.15, 0.2) is 0 Å². The first-order chi connectivity index (χ1) is 12.0. The van der Waals surface area contributed by atoms with Crippen LogP contribution >= 0.6 is 0 Å². The van der Waals surface area contributed by atoms with Crippen LogP contribution in [0.3, 0.4) is 0 Å². The lowest BCUT2D eigenvalue weighted by molar-refractivity contribution is -0.117. The second-order valence-corrected chi connectivity index (χ2v) is 6.24. The summed E-state index contributed by atoms with van der Waals surface area (Å²) in [5.41, 5.74) is 7.38. The molecule has 8 nitrogen and oxygen atoms in total. The normalized spacial score (nSPS) is 24.3. The number of alkyl carbamates (subject to hydrolysis) is 1. The van der Waals surface area contributed by atoms with Gasteiger partial charge >= 0.3 is 6.09 Å². The average Bonchev–Trinajstić information content (AvgIpc) is 3.27. The van der Waals surface area contributed by atoms with Crippen molar-refractivity contribution in [1.29, 1.82) is 5.26 Å². The number of pyridine rings is 1. The monoisotopic (exact) mass is 337 g/mol. The number of amides is 2. The van der Waals surface area contributed by atoms with Gasteiger partial charge in [-0.05, 0) is 35.6 Å². The molecule has 8 heteroatoms. The number of rotatable bonds is 3. The molecule has 1 aromatic carbocycles. The highest BCUT2D eigenvalue weighted by molar-refractivity contribution is 5.98. The van der Waals surface area contributed by atoms with Crippen LogP contribution in [-0.2, 0) is 9.53 Å². The fraction of sp³-hybridized carbons (Fsp3) is 0.294. The SMILES string of the molecule is N#CC1C[C@H]1C(=O)Nc1cc2cc(C3CNC(=O)O3)cc(N)c2cn1. The summed E-state index contributed by atoms with van der Waals surface area (Å²) >= 11 is 0. The van der Waals surface area contributed by atoms with E-state index >= 15 is 0 Å². The van der Waals surface area contributed by atoms with Crippen LogP contribution in [0.5, 0.6) is 0 Å². The third-order valence-electron chi connectivity index (χ3n) is 4.49. The number of aromatic nitrogens is 1. The highest BCUT2D eigenvalue weighted by Gasteiger charge is 2.43. The fourth-order valence-corrected chi connectivity index (χ4v) is 2.99. The van der Waals surface area contributed by atoms with Crippen molar-refractivity contribution in [3.05, 3.63) is 30.0 Å². The summed E-state index contributed by atoms with van der Waals surface area (Å²) in [5, 5.41) is 15.7. The number of nitrogens with two attached hydrogens (primary N) is 1. The van der Waals surface area contributed by atoms with Crippen LogP contribution in [-0.4, -0.2) is 23.5 Å². The second kappa shape index (κ2) is 5.63. The summed E-state index contributed by atoms with van der Waals surface area (Å²) in [5.74, 6) is -0.259. The van der Waals surface area contributed by atoms with Gasteiger partial charge in [0.25, 0.3) is 0 Å². The number of carbonyl (C=O) groups is 2. The molecule has 3 atom stereocenters. The molecular formula is C17H15N5O3. The molecule has 126 valence electrons. The number of cyclic esters (lactones) is 1. The molecule has 4 rings (SSSR count). The zero-order valence-electron chi connectivity index (χ0n) is 13.2. The molecule has 1 aliphatic carbocycles. The van der Waals surface area contributed by atoms with Crippen molar-refractivity contribution in [1.82, 2.24) is 10.3 Å². The van der Waals surface area contributed by atoms with Gasteiger partial charge in [-0.25, -0.2) is 9.78 Å². The Kier molecular flexibility index (Phi) is 3.42. The number of nitrogens with one attached hydrogen (secondary N) is 2. The van der Waals surface area contributed by atoms with E-state index in [0.29, 0.717) is 24.5 Å². The standard InChI is InChI=1S/C17H15N5O3/c18-5-10-2-11(10)16(23)22-15-4-8-1-9(14-7-21-17(24)25-14)3-13(19)12(8)6-20-15/h1,3-4,6,10-11,14H,2,7,19H2,(H,21,24)(H,20,22,23)/t10?,11-,14?/m1/s1. The molecule has 2 aromatic rings. The molecule has 0 spiro atoms. The number of fused-ring (bicyclic) bond motifs is 1. The Hall–Kier alpha value is -3.34. The number of nitrogens with zero attached hydrogens (tertiary/aromatic N) is 2. The van der Waals surface area contributed by atoms with Crippen molar-refractivity contribution in [3.63, 3.8) is 0 Å². The van der Waals surface area contributed by atoms with E-state index in [1.807, 2.05) is 6.07 Å². The van der Waals surface area contributed by atoms with E-state index in [0.717, 1.165) is 16.3 Å². The fourth-order valence-electron chi connectivity index (χ4n) is 2.99. The zero-order chi connectivity index (χ0) is 17.6. The summed E-state index contributed by atoms with van der Waals surface area (Å²) in [6, 6.07) is 7.44. The van der Waals surface area contributed by atoms with Crippen LogP contribution in [0.25, 0.3) is 10.8 Å². The number of hydrogen-bond donors (Lipinski definition) is 3. The van der Waals surface area contributed by atoms with Gasteiger partial charge in [0.05, 0.1) is 24.4 Å². The molecule has 1 aromatic heterocycles. The van der Waals surface area contributed by atoms with Crippen molar-refractivity contribution >= 4 is 34.3 Å². The Bertz CT molecular complexity index is 936. The molecule has 1 saturated carbocycles. The van der Waals surface area contributed by atoms with Gasteiger partial charge in [-0.2, -0.15) is 5.26 Å². The van der Waals surface area contributed by atoms with Gasteiger partial charge in [0.1, 0.15) is 11.9 Å². The first kappa shape index (κ1) is 15.2. The van der Waals surface area contributed by atoms with Crippen LogP contribution in [0.15, 0.2) is 24.4 Å². The number of hydrogen-bond acceptors (Lipinski definition) is 6. The number of benzene rings is 1. The van der Waals surface area contributed by atoms with Crippen LogP contribution in [0.1, 0.15) is 18.1 Å². The van der Waals surface area contributed by atoms with Crippen LogP contribution in [0.2, 0.25) is 0 Å². The van der Waals surface area contributed by atoms with E-state index in [1.165, 1.54) is 0 Å². The molecule has 1 saturated heterocycles. The summed E-state index contributed by atoms with van der Waals surface area (Å²) in [6.07, 6.45) is 1.33. The zero-order valence-corrected chi connectivity index (χ0v) is 13.2. The minimum atomic E-state index is -0.456. The number of ether oxygens (including phenoxy) is 1. The highest BCUT2D eigenvalue weighted by Crippen LogP contribution is 2.38. The van der Waals surface area contributed by atoms with Crippen molar-refractivity contribution in [3.8, 4) is 6.07 Å². The summed E-state index contributed by atoms with van der Waals surface area (Å²) in [4.78, 5) is 27.5. The molecule has 0 bridgehead atoms. The van der Waals surface area contributed by atoms with E-state index in [-0.39, 0.29) is 17.7 Å². The van der Waals surface area contributed by atoms with Crippen LogP contribution in [0.4, 0.5) is 16.3 Å². The Morgan fingerprint density at radius 3 is 2.96 bits per heavy atom. The summed E-state index contributed by atoms with van der Waals surface area (Å²) in [7, 11) is 0. The van der Waals surface area contributed by atoms with E-state index in [2.05, 4.69) is 21.7 Å². The van der Waals surface area contributed by atoms with E-state index in [9.17, 15) is 9.59 Å². The third-order valence-corrected chi connectivity index (χ3v) is 4.49. The molecule has 0 radical (unpaired) electrons. The quantitative estimate of drug-likeness (QED) is 0.731. The van der Waals surface area contributed by atoms with Crippen LogP contribution in [0, 0.1) is 23.2 Å². The predicted octanol–water partition coefficient (Wildman–Crippen LogP) is 1.70. The van der Waals surface area contributed by atoms with Crippen molar-refractivity contribution in [2.24, 2.45) is 11.8 Å². The lowest BCUT2D eigenvalue weighted by atomic mass is 10.0. The van der Waals surface area contributed by atoms with Gasteiger partial charge in [0, 0.05) is 17.3 Å². The molecule has 1 aliphatic heterocycles. The third kappa shape index (κ3) is 2.80. The van der Waals surface area contributed by atoms with Gasteiger partial charge in [0.2, 0.25) is 5.91 Å². The highest BCUT2D eigenvalue weighted by atomic mass is 16.6. The smallest absolute Gasteiger partial charge is 0.407 e. The molecule has 4 N–H and O–H groups in total. The summed E-state index contributed by atoms with van der Waals surface area (Å²) < 4.78 is 5.19. The van der Waals surface area contributed by atoms with Gasteiger partial charge in [-0.15, -0.1) is 0 Å². The maximum atomic E-state index is 12.1. The topological polar surface area (TPSA) is 130 Å². The Balaban J connectivity index is 1.61. The first-order valence-corrected chi connectivity index (χ1v) is 7.89. The van der Waals surface area contributed by atoms with Gasteiger partial charge in [-0.3, -0.25) is 4.79 Å². The lowest BCUT2D eigenvalue weighted by Crippen LogP contribution is -2.15. The van der Waals surface area contributed by atoms with Crippen molar-refractivity contribution in [2.75, 3.05) is 17.6 Å². The maximum Gasteiger partial charge on any atom is 0.407 e. The Morgan fingerprint density at radius 2 is 2.28 bits per heavy atom. The Morgan fingerprint density at radius 1 is 1.44 bits per heavy atom. The Labute approximate surface area is 143 Å². The van der Waals surface area contributed by atoms with Crippen molar-refractivity contribution < 1.29 is 14.3 Å². The molecule has 2 unspecified atom stereocenters. The maximum absolute atomic E-state index is 12.1. The minimum absolute atomic E-state index is 0.198. The molecule has 2 amide bonds. The molecule has 2 heterocycles. The number of nitrogen functional groups attached to an aromatic ring is 1. The second-order valence-electron chi connectivity index (χ2n) is 6.24. The van der Waals surface area contributed by atoms with E-state index < -0.39 is 12.2 Å². The molecular weight excluding hydrogens is 322 g/mol. The van der Waals surface area contributed by atoms with Crippen molar-refractivity contribution in [2.45, 2.75) is 12.5 Å².